The number of aliphatic hydroxyl groups is 3. The molecule has 1 aromatic carbocycles. The fraction of sp³-hybridized carbons (Fsp3) is 0.536. The van der Waals surface area contributed by atoms with E-state index < -0.39 is 61.9 Å². The van der Waals surface area contributed by atoms with Crippen molar-refractivity contribution >= 4 is 56.4 Å². The van der Waals surface area contributed by atoms with Crippen LogP contribution in [0.3, 0.4) is 0 Å². The second-order valence-corrected chi connectivity index (χ2v) is 12.9. The van der Waals surface area contributed by atoms with E-state index in [1.807, 2.05) is 0 Å². The van der Waals surface area contributed by atoms with Crippen molar-refractivity contribution in [3.8, 4) is 0 Å². The van der Waals surface area contributed by atoms with Crippen LogP contribution in [-0.2, 0) is 23.9 Å². The number of ketones is 2. The van der Waals surface area contributed by atoms with Crippen LogP contribution in [0.4, 0.5) is 0 Å². The summed E-state index contributed by atoms with van der Waals surface area (Å²) in [5, 5.41) is 31.3. The van der Waals surface area contributed by atoms with E-state index in [1.165, 1.54) is 30.3 Å². The number of allylic oxidation sites excluding steroid dienone is 3. The molecule has 0 aliphatic heterocycles. The van der Waals surface area contributed by atoms with Crippen molar-refractivity contribution in [3.63, 3.8) is 0 Å². The van der Waals surface area contributed by atoms with Crippen LogP contribution in [-0.4, -0.2) is 88.3 Å². The number of carbonyl (C=O) groups is 3. The van der Waals surface area contributed by atoms with Crippen LogP contribution in [0.2, 0.25) is 0 Å². The fourth-order valence-electron chi connectivity index (χ4n) is 7.98. The van der Waals surface area contributed by atoms with Crippen molar-refractivity contribution in [1.29, 1.82) is 0 Å². The molecule has 4 aliphatic carbocycles. The van der Waals surface area contributed by atoms with E-state index in [-0.39, 0.29) is 65.6 Å². The molecule has 1 aromatic rings. The summed E-state index contributed by atoms with van der Waals surface area (Å²) in [6.07, 6.45) is 3.09. The first-order valence-corrected chi connectivity index (χ1v) is 14.3. The third-order valence-electron chi connectivity index (χ3n) is 9.83. The molecule has 0 heterocycles. The Labute approximate surface area is 249 Å². The molecule has 0 spiro atoms. The van der Waals surface area contributed by atoms with E-state index in [1.54, 1.807) is 19.9 Å². The van der Waals surface area contributed by atoms with Crippen molar-refractivity contribution in [1.82, 2.24) is 0 Å². The van der Waals surface area contributed by atoms with E-state index in [0.29, 0.717) is 24.8 Å². The van der Waals surface area contributed by atoms with Crippen LogP contribution in [0.25, 0.3) is 0 Å². The Bertz CT molecular complexity index is 1370. The topological polar surface area (TPSA) is 155 Å². The quantitative estimate of drug-likeness (QED) is 0.353. The third-order valence-corrected chi connectivity index (χ3v) is 10.9. The standard InChI is InChI=1S/C28H32O9S.Na.H/c1-26-14-21(31)24-19(20(26)10-11-28(26,34)22(32)15-29)9-8-17-12-18(30)13-23(27(17,24)2)37-38(35,36)25(33)16-6-4-3-5-7-16;;/h3-7,12-13,19-21,24,29,31,34H,8-11,14-15H2,1-2H3;;/t19-,20-,21-,24+,26-,27+,28-;;/m0../s1. The van der Waals surface area contributed by atoms with Gasteiger partial charge in [-0.25, -0.2) is 0 Å². The minimum atomic E-state index is -4.82. The summed E-state index contributed by atoms with van der Waals surface area (Å²) in [5.41, 5.74) is -3.44. The van der Waals surface area contributed by atoms with Gasteiger partial charge in [0.25, 0.3) is 0 Å². The number of aliphatic hydroxyl groups excluding tert-OH is 2. The van der Waals surface area contributed by atoms with Gasteiger partial charge in [0.2, 0.25) is 0 Å². The summed E-state index contributed by atoms with van der Waals surface area (Å²) in [4.78, 5) is 38.0. The van der Waals surface area contributed by atoms with Gasteiger partial charge in [-0.15, -0.1) is 0 Å². The molecule has 0 unspecified atom stereocenters. The summed E-state index contributed by atoms with van der Waals surface area (Å²) >= 11 is 0. The maximum absolute atomic E-state index is 13.1. The number of Topliss-reactive ketones (excluding diaryl/α,β-unsaturated/α-hetero) is 1. The van der Waals surface area contributed by atoms with E-state index >= 15 is 0 Å². The van der Waals surface area contributed by atoms with Crippen LogP contribution in [0.1, 0.15) is 56.3 Å². The third kappa shape index (κ3) is 4.43. The summed E-state index contributed by atoms with van der Waals surface area (Å²) in [7, 11) is -4.82. The van der Waals surface area contributed by atoms with Crippen LogP contribution in [0.15, 0.2) is 53.8 Å². The normalized spacial score (nSPS) is 37.3. The van der Waals surface area contributed by atoms with E-state index in [9.17, 15) is 38.1 Å². The van der Waals surface area contributed by atoms with E-state index in [0.717, 1.165) is 6.08 Å². The SMILES string of the molecule is C[C@@]12C(=CC(=O)C=C1OS(=O)(=O)C(=O)c1ccccc1)CC[C@@H]1[C@@H]2[C@@H](O)C[C@@]2(C)[C@H]1CC[C@]2(O)C(=O)CO.[NaH]. The molecule has 3 saturated carbocycles. The number of hydrogen-bond acceptors (Lipinski definition) is 9. The van der Waals surface area contributed by atoms with Gasteiger partial charge < -0.3 is 19.5 Å². The Balaban J connectivity index is 0.00000353. The van der Waals surface area contributed by atoms with Crippen LogP contribution in [0, 0.1) is 28.6 Å². The first-order valence-electron chi connectivity index (χ1n) is 12.9. The van der Waals surface area contributed by atoms with Crippen LogP contribution < -0.4 is 0 Å². The predicted octanol–water partition coefficient (Wildman–Crippen LogP) is 1.42. The number of fused-ring (bicyclic) bond motifs is 5. The molecule has 39 heavy (non-hydrogen) atoms. The average Bonchev–Trinajstić information content (AvgIpc) is 3.14. The minimum absolute atomic E-state index is 0. The fourth-order valence-corrected chi connectivity index (χ4v) is 8.94. The molecule has 0 radical (unpaired) electrons. The molecule has 0 bridgehead atoms. The summed E-state index contributed by atoms with van der Waals surface area (Å²) < 4.78 is 31.6. The van der Waals surface area contributed by atoms with Crippen molar-refractivity contribution in [2.75, 3.05) is 6.61 Å². The zero-order chi connectivity index (χ0) is 27.7. The summed E-state index contributed by atoms with van der Waals surface area (Å²) in [6.45, 7) is 2.69. The summed E-state index contributed by atoms with van der Waals surface area (Å²) in [6, 6.07) is 7.41. The molecule has 3 N–H and O–H groups in total. The van der Waals surface area contributed by atoms with Gasteiger partial charge in [-0.1, -0.05) is 42.8 Å². The van der Waals surface area contributed by atoms with Crippen LogP contribution in [0.5, 0.6) is 0 Å². The molecule has 7 atom stereocenters. The number of benzene rings is 1. The first-order chi connectivity index (χ1) is 17.8. The number of rotatable bonds is 5. The zero-order valence-corrected chi connectivity index (χ0v) is 22.1. The van der Waals surface area contributed by atoms with Gasteiger partial charge in [0, 0.05) is 23.0 Å². The molecule has 4 aliphatic rings. The molecule has 0 amide bonds. The summed E-state index contributed by atoms with van der Waals surface area (Å²) in [5.74, 6) is -2.37. The van der Waals surface area contributed by atoms with Gasteiger partial charge >= 0.3 is 44.8 Å². The van der Waals surface area contributed by atoms with E-state index in [4.69, 9.17) is 4.18 Å². The maximum atomic E-state index is 13.1. The van der Waals surface area contributed by atoms with Gasteiger partial charge in [-0.3, -0.25) is 14.4 Å². The molecule has 3 fully saturated rings. The molecular formula is C28H33NaO9S. The Kier molecular flexibility index (Phi) is 8.01. The molecule has 5 rings (SSSR count). The Morgan fingerprint density at radius 2 is 1.77 bits per heavy atom. The Hall–Kier alpha value is -1.66. The van der Waals surface area contributed by atoms with Crippen molar-refractivity contribution in [2.45, 2.75) is 57.7 Å². The molecule has 0 aromatic heterocycles. The van der Waals surface area contributed by atoms with Gasteiger partial charge in [0.1, 0.15) is 18.0 Å². The second-order valence-electron chi connectivity index (χ2n) is 11.5. The van der Waals surface area contributed by atoms with Gasteiger partial charge in [0.15, 0.2) is 11.6 Å². The zero-order valence-electron chi connectivity index (χ0n) is 21.3. The number of carbonyl (C=O) groups excluding carboxylic acids is 3. The van der Waals surface area contributed by atoms with Gasteiger partial charge in [-0.2, -0.15) is 8.42 Å². The Morgan fingerprint density at radius 3 is 2.41 bits per heavy atom. The van der Waals surface area contributed by atoms with Crippen molar-refractivity contribution in [2.24, 2.45) is 28.6 Å². The average molecular weight is 569 g/mol. The molecular weight excluding hydrogens is 535 g/mol. The first kappa shape index (κ1) is 30.3. The molecule has 11 heteroatoms. The van der Waals surface area contributed by atoms with Gasteiger partial charge in [0.05, 0.1) is 11.5 Å². The van der Waals surface area contributed by atoms with Crippen LogP contribution >= 0.6 is 0 Å². The second kappa shape index (κ2) is 10.3. The monoisotopic (exact) mass is 568 g/mol. The van der Waals surface area contributed by atoms with Crippen molar-refractivity contribution < 1.29 is 42.3 Å². The van der Waals surface area contributed by atoms with Crippen molar-refractivity contribution in [3.05, 3.63) is 59.4 Å². The number of hydrogen-bond donors (Lipinski definition) is 3. The van der Waals surface area contributed by atoms with E-state index in [2.05, 4.69) is 0 Å². The molecule has 206 valence electrons. The van der Waals surface area contributed by atoms with Gasteiger partial charge in [-0.05, 0) is 56.9 Å². The molecule has 0 saturated heterocycles. The molecule has 9 nitrogen and oxygen atoms in total. The Morgan fingerprint density at radius 1 is 1.10 bits per heavy atom. The predicted molar refractivity (Wildman–Crippen MR) is 142 cm³/mol.